The van der Waals surface area contributed by atoms with Crippen molar-refractivity contribution in [3.8, 4) is 5.75 Å². The van der Waals surface area contributed by atoms with Crippen LogP contribution in [-0.4, -0.2) is 4.98 Å². The number of halogens is 1. The number of rotatable bonds is 4. The molecule has 1 heterocycles. The summed E-state index contributed by atoms with van der Waals surface area (Å²) in [6, 6.07) is 11.2. The summed E-state index contributed by atoms with van der Waals surface area (Å²) in [5, 5.41) is 0.666. The van der Waals surface area contributed by atoms with Crippen molar-refractivity contribution in [1.82, 2.24) is 4.98 Å². The lowest BCUT2D eigenvalue weighted by atomic mass is 10.2. The Hall–Kier alpha value is -1.58. The summed E-state index contributed by atoms with van der Waals surface area (Å²) in [4.78, 5) is 4.20. The van der Waals surface area contributed by atoms with Crippen molar-refractivity contribution in [3.63, 3.8) is 0 Å². The van der Waals surface area contributed by atoms with Crippen LogP contribution in [0, 0.1) is 0 Å². The van der Waals surface area contributed by atoms with Crippen LogP contribution in [0.3, 0.4) is 0 Å². The third kappa shape index (κ3) is 3.44. The highest BCUT2D eigenvalue weighted by Crippen LogP contribution is 2.18. The second kappa shape index (κ2) is 5.66. The maximum absolute atomic E-state index is 5.86. The third-order valence-electron chi connectivity index (χ3n) is 2.30. The largest absolute Gasteiger partial charge is 0.489 e. The van der Waals surface area contributed by atoms with Gasteiger partial charge in [0.05, 0.1) is 5.69 Å². The highest BCUT2D eigenvalue weighted by Gasteiger charge is 1.98. The molecule has 88 valence electrons. The van der Waals surface area contributed by atoms with Gasteiger partial charge in [0.15, 0.2) is 0 Å². The van der Waals surface area contributed by atoms with E-state index in [0.29, 0.717) is 18.2 Å². The monoisotopic (exact) mass is 248 g/mol. The first-order valence-electron chi connectivity index (χ1n) is 5.30. The highest BCUT2D eigenvalue weighted by atomic mass is 35.5. The topological polar surface area (TPSA) is 48.1 Å². The smallest absolute Gasteiger partial charge is 0.121 e. The van der Waals surface area contributed by atoms with Crippen molar-refractivity contribution >= 4 is 11.6 Å². The fourth-order valence-electron chi connectivity index (χ4n) is 1.38. The standard InChI is InChI=1S/C13H13ClN2O/c14-11-2-1-3-13(6-11)17-9-10-4-5-12(7-15)16-8-10/h1-6,8H,7,9,15H2. The molecule has 0 bridgehead atoms. The van der Waals surface area contributed by atoms with Crippen LogP contribution in [0.15, 0.2) is 42.6 Å². The second-order valence-electron chi connectivity index (χ2n) is 3.61. The maximum Gasteiger partial charge on any atom is 0.121 e. The molecule has 2 aromatic rings. The molecule has 2 N–H and O–H groups in total. The van der Waals surface area contributed by atoms with Gasteiger partial charge in [-0.1, -0.05) is 23.7 Å². The Labute approximate surface area is 105 Å². The van der Waals surface area contributed by atoms with E-state index in [1.807, 2.05) is 30.3 Å². The van der Waals surface area contributed by atoms with Crippen LogP contribution in [0.25, 0.3) is 0 Å². The van der Waals surface area contributed by atoms with E-state index in [1.54, 1.807) is 12.3 Å². The van der Waals surface area contributed by atoms with E-state index in [1.165, 1.54) is 0 Å². The van der Waals surface area contributed by atoms with E-state index in [9.17, 15) is 0 Å². The molecule has 0 radical (unpaired) electrons. The zero-order valence-electron chi connectivity index (χ0n) is 9.27. The Morgan fingerprint density at radius 2 is 2.12 bits per heavy atom. The Balaban J connectivity index is 1.97. The minimum absolute atomic E-state index is 0.454. The van der Waals surface area contributed by atoms with Crippen molar-refractivity contribution in [2.75, 3.05) is 0 Å². The number of aromatic nitrogens is 1. The van der Waals surface area contributed by atoms with Crippen LogP contribution < -0.4 is 10.5 Å². The summed E-state index contributed by atoms with van der Waals surface area (Å²) in [6.07, 6.45) is 1.77. The van der Waals surface area contributed by atoms with Gasteiger partial charge in [-0.2, -0.15) is 0 Å². The van der Waals surface area contributed by atoms with Crippen LogP contribution in [0.1, 0.15) is 11.3 Å². The number of benzene rings is 1. The minimum atomic E-state index is 0.454. The molecule has 0 fully saturated rings. The molecule has 0 spiro atoms. The summed E-state index contributed by atoms with van der Waals surface area (Å²) in [6.45, 7) is 0.924. The van der Waals surface area contributed by atoms with E-state index in [2.05, 4.69) is 4.98 Å². The summed E-state index contributed by atoms with van der Waals surface area (Å²) in [5.74, 6) is 0.750. The van der Waals surface area contributed by atoms with Gasteiger partial charge in [0.2, 0.25) is 0 Å². The molecule has 3 nitrogen and oxygen atoms in total. The number of hydrogen-bond donors (Lipinski definition) is 1. The second-order valence-corrected chi connectivity index (χ2v) is 4.04. The molecule has 0 aliphatic carbocycles. The Kier molecular flexibility index (Phi) is 3.96. The molecule has 4 heteroatoms. The third-order valence-corrected chi connectivity index (χ3v) is 2.53. The van der Waals surface area contributed by atoms with Gasteiger partial charge in [-0.15, -0.1) is 0 Å². The molecule has 0 atom stereocenters. The number of pyridine rings is 1. The van der Waals surface area contributed by atoms with E-state index in [4.69, 9.17) is 22.1 Å². The summed E-state index contributed by atoms with van der Waals surface area (Å²) >= 11 is 5.86. The van der Waals surface area contributed by atoms with Crippen LogP contribution in [0.2, 0.25) is 5.02 Å². The van der Waals surface area contributed by atoms with Gasteiger partial charge >= 0.3 is 0 Å². The first-order valence-corrected chi connectivity index (χ1v) is 5.68. The molecule has 0 amide bonds. The zero-order chi connectivity index (χ0) is 12.1. The Morgan fingerprint density at radius 1 is 1.24 bits per heavy atom. The minimum Gasteiger partial charge on any atom is -0.489 e. The molecule has 17 heavy (non-hydrogen) atoms. The van der Waals surface area contributed by atoms with Crippen LogP contribution in [0.4, 0.5) is 0 Å². The average Bonchev–Trinajstić information content (AvgIpc) is 2.37. The van der Waals surface area contributed by atoms with Gasteiger partial charge < -0.3 is 10.5 Å². The molecular weight excluding hydrogens is 236 g/mol. The first kappa shape index (κ1) is 11.9. The molecule has 1 aromatic heterocycles. The van der Waals surface area contributed by atoms with E-state index >= 15 is 0 Å². The van der Waals surface area contributed by atoms with Gasteiger partial charge in [0.25, 0.3) is 0 Å². The predicted molar refractivity (Wildman–Crippen MR) is 67.9 cm³/mol. The quantitative estimate of drug-likeness (QED) is 0.905. The fraction of sp³-hybridized carbons (Fsp3) is 0.154. The number of nitrogens with two attached hydrogens (primary N) is 1. The summed E-state index contributed by atoms with van der Waals surface area (Å²) in [7, 11) is 0. The molecule has 0 unspecified atom stereocenters. The van der Waals surface area contributed by atoms with Gasteiger partial charge in [0.1, 0.15) is 12.4 Å². The van der Waals surface area contributed by atoms with E-state index in [-0.39, 0.29) is 0 Å². The van der Waals surface area contributed by atoms with Crippen molar-refractivity contribution < 1.29 is 4.74 Å². The van der Waals surface area contributed by atoms with Crippen LogP contribution in [0.5, 0.6) is 5.75 Å². The number of nitrogens with zero attached hydrogens (tertiary/aromatic N) is 1. The molecule has 0 saturated carbocycles. The van der Waals surface area contributed by atoms with E-state index < -0.39 is 0 Å². The lowest BCUT2D eigenvalue weighted by Gasteiger charge is -2.06. The maximum atomic E-state index is 5.86. The SMILES string of the molecule is NCc1ccc(COc2cccc(Cl)c2)cn1. The summed E-state index contributed by atoms with van der Waals surface area (Å²) in [5.41, 5.74) is 7.35. The average molecular weight is 249 g/mol. The van der Waals surface area contributed by atoms with Crippen molar-refractivity contribution in [2.45, 2.75) is 13.2 Å². The highest BCUT2D eigenvalue weighted by molar-refractivity contribution is 6.30. The lowest BCUT2D eigenvalue weighted by molar-refractivity contribution is 0.305. The van der Waals surface area contributed by atoms with Gasteiger partial charge in [-0.25, -0.2) is 0 Å². The van der Waals surface area contributed by atoms with Gasteiger partial charge in [-0.05, 0) is 24.3 Å². The molecule has 0 aliphatic rings. The van der Waals surface area contributed by atoms with Crippen LogP contribution >= 0.6 is 11.6 Å². The van der Waals surface area contributed by atoms with Crippen LogP contribution in [-0.2, 0) is 13.2 Å². The van der Waals surface area contributed by atoms with Gasteiger partial charge in [0, 0.05) is 23.3 Å². The van der Waals surface area contributed by atoms with E-state index in [0.717, 1.165) is 17.0 Å². The lowest BCUT2D eigenvalue weighted by Crippen LogP contribution is -2.01. The fourth-order valence-corrected chi connectivity index (χ4v) is 1.56. The Bertz CT molecular complexity index is 485. The number of hydrogen-bond acceptors (Lipinski definition) is 3. The van der Waals surface area contributed by atoms with Crippen molar-refractivity contribution in [2.24, 2.45) is 5.73 Å². The van der Waals surface area contributed by atoms with Crippen molar-refractivity contribution in [1.29, 1.82) is 0 Å². The predicted octanol–water partition coefficient (Wildman–Crippen LogP) is 2.77. The molecule has 0 aliphatic heterocycles. The molecule has 2 rings (SSSR count). The first-order chi connectivity index (χ1) is 8.28. The molecular formula is C13H13ClN2O. The molecule has 1 aromatic carbocycles. The Morgan fingerprint density at radius 3 is 2.76 bits per heavy atom. The zero-order valence-corrected chi connectivity index (χ0v) is 10.0. The number of ether oxygens (including phenoxy) is 1. The van der Waals surface area contributed by atoms with Crippen molar-refractivity contribution in [3.05, 3.63) is 58.9 Å². The van der Waals surface area contributed by atoms with Gasteiger partial charge in [-0.3, -0.25) is 4.98 Å². The summed E-state index contributed by atoms with van der Waals surface area (Å²) < 4.78 is 5.59. The normalized spacial score (nSPS) is 10.2. The molecule has 0 saturated heterocycles.